The van der Waals surface area contributed by atoms with Crippen LogP contribution >= 0.6 is 0 Å². The van der Waals surface area contributed by atoms with Crippen LogP contribution in [0.2, 0.25) is 0 Å². The van der Waals surface area contributed by atoms with Crippen LogP contribution in [0, 0.1) is 5.41 Å². The van der Waals surface area contributed by atoms with Gasteiger partial charge in [0.1, 0.15) is 11.5 Å². The zero-order chi connectivity index (χ0) is 24.1. The summed E-state index contributed by atoms with van der Waals surface area (Å²) >= 11 is 0. The third-order valence-corrected chi connectivity index (χ3v) is 5.24. The highest BCUT2D eigenvalue weighted by atomic mass is 16.6. The predicted molar refractivity (Wildman–Crippen MR) is 128 cm³/mol. The fourth-order valence-corrected chi connectivity index (χ4v) is 3.30. The van der Waals surface area contributed by atoms with Gasteiger partial charge >= 0.3 is 0 Å². The molecule has 0 spiro atoms. The molecule has 4 rings (SSSR count). The first-order valence-corrected chi connectivity index (χ1v) is 10.7. The molecule has 0 saturated carbocycles. The first-order valence-electron chi connectivity index (χ1n) is 10.7. The Kier molecular flexibility index (Phi) is 6.74. The van der Waals surface area contributed by atoms with Crippen LogP contribution in [0.5, 0.6) is 11.5 Å². The molecule has 2 aromatic heterocycles. The highest BCUT2D eigenvalue weighted by Crippen LogP contribution is 2.29. The van der Waals surface area contributed by atoms with Crippen LogP contribution in [-0.4, -0.2) is 25.6 Å². The number of benzene rings is 2. The van der Waals surface area contributed by atoms with Crippen LogP contribution in [0.15, 0.2) is 78.0 Å². The van der Waals surface area contributed by atoms with Crippen molar-refractivity contribution in [1.29, 1.82) is 5.41 Å². The normalized spacial score (nSPS) is 10.8. The Morgan fingerprint density at radius 1 is 1.09 bits per heavy atom. The van der Waals surface area contributed by atoms with Gasteiger partial charge in [0, 0.05) is 29.1 Å². The summed E-state index contributed by atoms with van der Waals surface area (Å²) in [7, 11) is 0. The molecule has 172 valence electrons. The van der Waals surface area contributed by atoms with Gasteiger partial charge in [0.2, 0.25) is 5.90 Å². The van der Waals surface area contributed by atoms with Gasteiger partial charge < -0.3 is 14.1 Å². The van der Waals surface area contributed by atoms with Crippen LogP contribution in [0.4, 0.5) is 0 Å². The first kappa shape index (κ1) is 22.8. The Morgan fingerprint density at radius 2 is 1.88 bits per heavy atom. The van der Waals surface area contributed by atoms with Crippen molar-refractivity contribution in [2.24, 2.45) is 5.90 Å². The Bertz CT molecular complexity index is 1350. The fourth-order valence-electron chi connectivity index (χ4n) is 3.30. The molecular formula is C25H24N6O3. The van der Waals surface area contributed by atoms with Gasteiger partial charge in [0.15, 0.2) is 0 Å². The monoisotopic (exact) mass is 456 g/mol. The molecule has 0 amide bonds. The maximum atomic E-state index is 12.1. The van der Waals surface area contributed by atoms with Crippen molar-refractivity contribution < 1.29 is 9.57 Å². The number of aromatic nitrogens is 4. The minimum Gasteiger partial charge on any atom is -0.457 e. The minimum absolute atomic E-state index is 0.198. The number of hydrogen-bond donors (Lipinski definition) is 2. The molecule has 0 saturated heterocycles. The second-order valence-corrected chi connectivity index (χ2v) is 7.94. The van der Waals surface area contributed by atoms with E-state index in [0.717, 1.165) is 22.5 Å². The van der Waals surface area contributed by atoms with E-state index in [1.54, 1.807) is 30.6 Å². The van der Waals surface area contributed by atoms with Crippen molar-refractivity contribution in [2.45, 2.75) is 26.3 Å². The van der Waals surface area contributed by atoms with Crippen molar-refractivity contribution in [2.75, 3.05) is 0 Å². The zero-order valence-corrected chi connectivity index (χ0v) is 18.8. The van der Waals surface area contributed by atoms with E-state index in [0.29, 0.717) is 23.0 Å². The number of rotatable bonds is 7. The Morgan fingerprint density at radius 3 is 2.53 bits per heavy atom. The average molecular weight is 457 g/mol. The summed E-state index contributed by atoms with van der Waals surface area (Å²) in [6, 6.07) is 16.5. The lowest BCUT2D eigenvalue weighted by Crippen LogP contribution is -2.19. The minimum atomic E-state index is -0.232. The molecule has 0 bridgehead atoms. The molecule has 9 nitrogen and oxygen atoms in total. The van der Waals surface area contributed by atoms with E-state index in [4.69, 9.17) is 16.0 Å². The molecule has 9 heteroatoms. The molecule has 2 aromatic carbocycles. The quantitative estimate of drug-likeness (QED) is 0.245. The van der Waals surface area contributed by atoms with E-state index in [-0.39, 0.29) is 18.0 Å². The summed E-state index contributed by atoms with van der Waals surface area (Å²) in [5, 5.41) is 16.5. The van der Waals surface area contributed by atoms with E-state index in [1.165, 1.54) is 10.8 Å². The van der Waals surface area contributed by atoms with Crippen molar-refractivity contribution in [3.63, 3.8) is 0 Å². The lowest BCUT2D eigenvalue weighted by Gasteiger charge is -2.14. The molecule has 34 heavy (non-hydrogen) atoms. The van der Waals surface area contributed by atoms with Gasteiger partial charge in [-0.05, 0) is 54.4 Å². The van der Waals surface area contributed by atoms with Crippen LogP contribution < -0.4 is 16.2 Å². The maximum absolute atomic E-state index is 12.1. The molecule has 4 aromatic rings. The van der Waals surface area contributed by atoms with Crippen molar-refractivity contribution in [3.05, 3.63) is 100 Å². The summed E-state index contributed by atoms with van der Waals surface area (Å²) < 4.78 is 7.65. The fraction of sp³-hybridized carbons (Fsp3) is 0.160. The van der Waals surface area contributed by atoms with E-state index in [9.17, 15) is 4.79 Å². The van der Waals surface area contributed by atoms with Crippen LogP contribution in [-0.2, 0) is 11.4 Å². The van der Waals surface area contributed by atoms with E-state index in [1.807, 2.05) is 36.4 Å². The second-order valence-electron chi connectivity index (χ2n) is 7.94. The molecule has 3 N–H and O–H groups in total. The summed E-state index contributed by atoms with van der Waals surface area (Å²) in [5.74, 6) is 6.32. The van der Waals surface area contributed by atoms with Gasteiger partial charge in [-0.1, -0.05) is 19.9 Å². The third-order valence-electron chi connectivity index (χ3n) is 5.24. The zero-order valence-electron chi connectivity index (χ0n) is 18.8. The summed E-state index contributed by atoms with van der Waals surface area (Å²) in [6.45, 7) is 4.42. The van der Waals surface area contributed by atoms with Crippen LogP contribution in [0.25, 0.3) is 11.3 Å². The van der Waals surface area contributed by atoms with Crippen molar-refractivity contribution >= 4 is 5.90 Å². The van der Waals surface area contributed by atoms with E-state index in [2.05, 4.69) is 33.9 Å². The molecule has 0 atom stereocenters. The molecule has 0 aliphatic rings. The van der Waals surface area contributed by atoms with Gasteiger partial charge in [-0.25, -0.2) is 0 Å². The number of nitrogens with one attached hydrogen (secondary N) is 1. The Labute approximate surface area is 196 Å². The summed E-state index contributed by atoms with van der Waals surface area (Å²) in [6.07, 6.45) is 4.40. The second kappa shape index (κ2) is 10.1. The highest BCUT2D eigenvalue weighted by Gasteiger charge is 2.12. The largest absolute Gasteiger partial charge is 0.457 e. The number of nitrogens with two attached hydrogens (primary N) is 1. The van der Waals surface area contributed by atoms with Gasteiger partial charge in [0.05, 0.1) is 24.1 Å². The van der Waals surface area contributed by atoms with Crippen LogP contribution in [0.1, 0.15) is 36.6 Å². The average Bonchev–Trinajstić information content (AvgIpc) is 2.86. The molecule has 0 aliphatic heterocycles. The molecule has 0 aliphatic carbocycles. The third kappa shape index (κ3) is 5.16. The molecular weight excluding hydrogens is 432 g/mol. The van der Waals surface area contributed by atoms with Gasteiger partial charge in [-0.15, -0.1) is 0 Å². The van der Waals surface area contributed by atoms with Gasteiger partial charge in [-0.3, -0.25) is 15.2 Å². The lowest BCUT2D eigenvalue weighted by molar-refractivity contribution is 0.319. The standard InChI is InChI=1S/C25H24N6O3/c1-16(2)21-9-10-22(30-29-21)17-5-7-20(8-6-17)33-23-13-18(25(26)34-27)3-4-19(23)15-31-12-11-28-14-24(31)32/h3-14,16,26H,15,27H2,1-2H3. The van der Waals surface area contributed by atoms with Crippen molar-refractivity contribution in [3.8, 4) is 22.8 Å². The van der Waals surface area contributed by atoms with Gasteiger partial charge in [-0.2, -0.15) is 16.1 Å². The summed E-state index contributed by atoms with van der Waals surface area (Å²) in [4.78, 5) is 20.5. The SMILES string of the molecule is CC(C)c1ccc(-c2ccc(Oc3cc(C(=N)ON)ccc3Cn3ccncc3=O)cc2)nn1. The number of ether oxygens (including phenoxy) is 1. The lowest BCUT2D eigenvalue weighted by atomic mass is 10.1. The topological polar surface area (TPSA) is 129 Å². The Hall–Kier alpha value is -4.37. The highest BCUT2D eigenvalue weighted by molar-refractivity contribution is 5.91. The smallest absolute Gasteiger partial charge is 0.269 e. The molecule has 0 fully saturated rings. The van der Waals surface area contributed by atoms with Crippen LogP contribution in [0.3, 0.4) is 0 Å². The van der Waals surface area contributed by atoms with Crippen molar-refractivity contribution in [1.82, 2.24) is 19.7 Å². The maximum Gasteiger partial charge on any atom is 0.269 e. The molecule has 2 heterocycles. The van der Waals surface area contributed by atoms with E-state index >= 15 is 0 Å². The molecule has 0 unspecified atom stereocenters. The molecule has 0 radical (unpaired) electrons. The number of hydrogen-bond acceptors (Lipinski definition) is 8. The Balaban J connectivity index is 1.61. The first-order chi connectivity index (χ1) is 16.4. The number of nitrogens with zero attached hydrogens (tertiary/aromatic N) is 4. The van der Waals surface area contributed by atoms with Gasteiger partial charge in [0.25, 0.3) is 5.56 Å². The predicted octanol–water partition coefficient (Wildman–Crippen LogP) is 3.88. The van der Waals surface area contributed by atoms with E-state index < -0.39 is 0 Å². The summed E-state index contributed by atoms with van der Waals surface area (Å²) in [5.41, 5.74) is 3.57.